The van der Waals surface area contributed by atoms with Crippen LogP contribution in [0, 0.1) is 6.92 Å². The number of aromatic nitrogens is 4. The van der Waals surface area contributed by atoms with E-state index in [1.54, 1.807) is 4.68 Å². The number of halogens is 1. The fourth-order valence-corrected chi connectivity index (χ4v) is 2.17. The molecule has 0 bridgehead atoms. The molecule has 5 nitrogen and oxygen atoms in total. The molecule has 19 heavy (non-hydrogen) atoms. The smallest absolute Gasteiger partial charge is 0.173 e. The van der Waals surface area contributed by atoms with Gasteiger partial charge in [0.25, 0.3) is 0 Å². The minimum atomic E-state index is 0.102. The molecular weight excluding hydrogens is 262 g/mol. The molecule has 1 heterocycles. The Kier molecular flexibility index (Phi) is 4.50. The Hall–Kier alpha value is -1.46. The molecular formula is C13H18ClN5. The predicted molar refractivity (Wildman–Crippen MR) is 75.6 cm³/mol. The molecule has 1 aromatic carbocycles. The van der Waals surface area contributed by atoms with Gasteiger partial charge in [-0.05, 0) is 61.0 Å². The number of nitrogens with one attached hydrogen (secondary N) is 1. The van der Waals surface area contributed by atoms with E-state index in [0.717, 1.165) is 30.0 Å². The zero-order valence-corrected chi connectivity index (χ0v) is 12.1. The fourth-order valence-electron chi connectivity index (χ4n) is 1.94. The first-order valence-corrected chi connectivity index (χ1v) is 6.79. The van der Waals surface area contributed by atoms with E-state index in [4.69, 9.17) is 11.6 Å². The van der Waals surface area contributed by atoms with Gasteiger partial charge in [-0.3, -0.25) is 0 Å². The molecule has 1 aromatic heterocycles. The molecule has 6 heteroatoms. The molecule has 0 amide bonds. The van der Waals surface area contributed by atoms with Gasteiger partial charge in [0.1, 0.15) is 0 Å². The highest BCUT2D eigenvalue weighted by Gasteiger charge is 2.16. The van der Waals surface area contributed by atoms with E-state index in [2.05, 4.69) is 34.7 Å². The molecule has 1 N–H and O–H groups in total. The summed E-state index contributed by atoms with van der Waals surface area (Å²) in [5.74, 6) is 0.805. The third kappa shape index (κ3) is 3.11. The molecule has 0 radical (unpaired) electrons. The summed E-state index contributed by atoms with van der Waals surface area (Å²) in [6, 6.07) is 5.79. The standard InChI is InChI=1S/C13H18ClN5/c1-4-7-15-10(3)13-16-17-18-19(13)12-6-5-11(14)8-9(12)2/h5-6,8,10,15H,4,7H2,1-3H3. The summed E-state index contributed by atoms with van der Waals surface area (Å²) in [5, 5.41) is 16.1. The summed E-state index contributed by atoms with van der Waals surface area (Å²) in [6.45, 7) is 7.12. The first-order chi connectivity index (χ1) is 9.13. The highest BCUT2D eigenvalue weighted by molar-refractivity contribution is 6.30. The Labute approximate surface area is 118 Å². The van der Waals surface area contributed by atoms with Crippen LogP contribution in [0.2, 0.25) is 5.02 Å². The molecule has 1 unspecified atom stereocenters. The Bertz CT molecular complexity index is 552. The second-order valence-electron chi connectivity index (χ2n) is 4.56. The van der Waals surface area contributed by atoms with Crippen molar-refractivity contribution in [3.05, 3.63) is 34.6 Å². The lowest BCUT2D eigenvalue weighted by Gasteiger charge is -2.14. The molecule has 0 spiro atoms. The summed E-state index contributed by atoms with van der Waals surface area (Å²) in [5.41, 5.74) is 2.00. The molecule has 0 aliphatic rings. The normalized spacial score (nSPS) is 12.6. The lowest BCUT2D eigenvalue weighted by atomic mass is 10.2. The number of hydrogen-bond acceptors (Lipinski definition) is 4. The Morgan fingerprint density at radius 3 is 2.89 bits per heavy atom. The van der Waals surface area contributed by atoms with Crippen molar-refractivity contribution in [3.8, 4) is 5.69 Å². The van der Waals surface area contributed by atoms with Crippen LogP contribution in [-0.4, -0.2) is 26.8 Å². The van der Waals surface area contributed by atoms with Crippen molar-refractivity contribution in [2.75, 3.05) is 6.54 Å². The molecule has 0 saturated carbocycles. The van der Waals surface area contributed by atoms with Crippen molar-refractivity contribution in [3.63, 3.8) is 0 Å². The molecule has 1 atom stereocenters. The van der Waals surface area contributed by atoms with E-state index in [0.29, 0.717) is 5.02 Å². The average Bonchev–Trinajstić information content (AvgIpc) is 2.85. The number of nitrogens with zero attached hydrogens (tertiary/aromatic N) is 4. The number of aryl methyl sites for hydroxylation is 1. The van der Waals surface area contributed by atoms with E-state index >= 15 is 0 Å². The van der Waals surface area contributed by atoms with Gasteiger partial charge in [-0.25, -0.2) is 0 Å². The predicted octanol–water partition coefficient (Wildman–Crippen LogP) is 2.68. The van der Waals surface area contributed by atoms with Gasteiger partial charge in [0.2, 0.25) is 0 Å². The number of hydrogen-bond donors (Lipinski definition) is 1. The largest absolute Gasteiger partial charge is 0.307 e. The SMILES string of the molecule is CCCNC(C)c1nnnn1-c1ccc(Cl)cc1C. The maximum atomic E-state index is 5.98. The first-order valence-electron chi connectivity index (χ1n) is 6.41. The second kappa shape index (κ2) is 6.12. The van der Waals surface area contributed by atoms with Crippen LogP contribution in [0.3, 0.4) is 0 Å². The third-order valence-electron chi connectivity index (χ3n) is 2.97. The molecule has 0 fully saturated rings. The van der Waals surface area contributed by atoms with Crippen molar-refractivity contribution >= 4 is 11.6 Å². The zero-order valence-electron chi connectivity index (χ0n) is 11.4. The highest BCUT2D eigenvalue weighted by Crippen LogP contribution is 2.20. The Morgan fingerprint density at radius 2 is 2.21 bits per heavy atom. The Morgan fingerprint density at radius 1 is 1.42 bits per heavy atom. The third-order valence-corrected chi connectivity index (χ3v) is 3.20. The van der Waals surface area contributed by atoms with Gasteiger partial charge in [0.05, 0.1) is 11.7 Å². The minimum Gasteiger partial charge on any atom is -0.307 e. The van der Waals surface area contributed by atoms with Crippen LogP contribution in [0.1, 0.15) is 37.7 Å². The van der Waals surface area contributed by atoms with E-state index in [1.165, 1.54) is 0 Å². The van der Waals surface area contributed by atoms with Crippen LogP contribution >= 0.6 is 11.6 Å². The number of rotatable bonds is 5. The molecule has 2 aromatic rings. The summed E-state index contributed by atoms with van der Waals surface area (Å²) >= 11 is 5.98. The van der Waals surface area contributed by atoms with Crippen LogP contribution in [0.15, 0.2) is 18.2 Å². The van der Waals surface area contributed by atoms with Crippen LogP contribution in [0.4, 0.5) is 0 Å². The second-order valence-corrected chi connectivity index (χ2v) is 4.99. The van der Waals surface area contributed by atoms with Gasteiger partial charge >= 0.3 is 0 Å². The lowest BCUT2D eigenvalue weighted by Crippen LogP contribution is -2.23. The van der Waals surface area contributed by atoms with Crippen LogP contribution in [0.5, 0.6) is 0 Å². The van der Waals surface area contributed by atoms with E-state index in [9.17, 15) is 0 Å². The summed E-state index contributed by atoms with van der Waals surface area (Å²) in [7, 11) is 0. The summed E-state index contributed by atoms with van der Waals surface area (Å²) < 4.78 is 1.76. The maximum absolute atomic E-state index is 5.98. The van der Waals surface area contributed by atoms with Gasteiger partial charge in [-0.2, -0.15) is 4.68 Å². The van der Waals surface area contributed by atoms with Crippen LogP contribution < -0.4 is 5.32 Å². The molecule has 0 aliphatic carbocycles. The number of tetrazole rings is 1. The van der Waals surface area contributed by atoms with E-state index in [-0.39, 0.29) is 6.04 Å². The summed E-state index contributed by atoms with van der Waals surface area (Å²) in [6.07, 6.45) is 1.08. The van der Waals surface area contributed by atoms with Crippen LogP contribution in [-0.2, 0) is 0 Å². The number of benzene rings is 1. The Balaban J connectivity index is 2.33. The summed E-state index contributed by atoms with van der Waals surface area (Å²) in [4.78, 5) is 0. The zero-order chi connectivity index (χ0) is 13.8. The quantitative estimate of drug-likeness (QED) is 0.914. The van der Waals surface area contributed by atoms with Gasteiger partial charge in [-0.15, -0.1) is 5.10 Å². The lowest BCUT2D eigenvalue weighted by molar-refractivity contribution is 0.531. The average molecular weight is 280 g/mol. The van der Waals surface area contributed by atoms with Gasteiger partial charge in [0, 0.05) is 5.02 Å². The van der Waals surface area contributed by atoms with Gasteiger partial charge in [-0.1, -0.05) is 18.5 Å². The highest BCUT2D eigenvalue weighted by atomic mass is 35.5. The maximum Gasteiger partial charge on any atom is 0.173 e. The van der Waals surface area contributed by atoms with Crippen LogP contribution in [0.25, 0.3) is 5.69 Å². The molecule has 102 valence electrons. The van der Waals surface area contributed by atoms with Crippen molar-refractivity contribution in [2.45, 2.75) is 33.2 Å². The van der Waals surface area contributed by atoms with Crippen molar-refractivity contribution in [1.82, 2.24) is 25.5 Å². The van der Waals surface area contributed by atoms with Gasteiger partial charge < -0.3 is 5.32 Å². The van der Waals surface area contributed by atoms with E-state index in [1.807, 2.05) is 25.1 Å². The first kappa shape index (κ1) is 14.0. The van der Waals surface area contributed by atoms with Crippen molar-refractivity contribution < 1.29 is 0 Å². The van der Waals surface area contributed by atoms with E-state index < -0.39 is 0 Å². The molecule has 2 rings (SSSR count). The fraction of sp³-hybridized carbons (Fsp3) is 0.462. The van der Waals surface area contributed by atoms with Gasteiger partial charge in [0.15, 0.2) is 5.82 Å². The monoisotopic (exact) mass is 279 g/mol. The topological polar surface area (TPSA) is 55.6 Å². The van der Waals surface area contributed by atoms with Crippen molar-refractivity contribution in [2.24, 2.45) is 0 Å². The minimum absolute atomic E-state index is 0.102. The molecule has 0 aliphatic heterocycles. The van der Waals surface area contributed by atoms with Crippen molar-refractivity contribution in [1.29, 1.82) is 0 Å². The molecule has 0 saturated heterocycles.